The molecular formula is C12H13ClFNO2. The van der Waals surface area contributed by atoms with E-state index in [1.165, 1.54) is 18.2 Å². The Morgan fingerprint density at radius 1 is 1.59 bits per heavy atom. The summed E-state index contributed by atoms with van der Waals surface area (Å²) in [5.74, 6) is -0.914. The van der Waals surface area contributed by atoms with Crippen LogP contribution >= 0.6 is 11.6 Å². The Hall–Kier alpha value is -1.13. The second-order valence-electron chi connectivity index (χ2n) is 4.08. The number of halogens is 2. The molecule has 0 bridgehead atoms. The van der Waals surface area contributed by atoms with Gasteiger partial charge < -0.3 is 10.0 Å². The first-order chi connectivity index (χ1) is 8.15. The van der Waals surface area contributed by atoms with E-state index in [0.29, 0.717) is 6.54 Å². The predicted molar refractivity (Wildman–Crippen MR) is 62.6 cm³/mol. The Bertz CT molecular complexity index is 439. The standard InChI is InChI=1S/C12H13ClFNO2/c13-11-9(4-1-5-10(11)14)12(17)15-6-2-3-8(15)7-16/h1,4-5,8,16H,2-3,6-7H2. The molecule has 0 saturated carbocycles. The van der Waals surface area contributed by atoms with Crippen LogP contribution in [0.25, 0.3) is 0 Å². The van der Waals surface area contributed by atoms with Gasteiger partial charge in [-0.25, -0.2) is 4.39 Å². The molecule has 1 saturated heterocycles. The monoisotopic (exact) mass is 257 g/mol. The van der Waals surface area contributed by atoms with Gasteiger partial charge in [0.25, 0.3) is 5.91 Å². The third kappa shape index (κ3) is 2.28. The van der Waals surface area contributed by atoms with E-state index in [9.17, 15) is 9.18 Å². The molecule has 1 aromatic carbocycles. The van der Waals surface area contributed by atoms with Crippen LogP contribution in [-0.2, 0) is 0 Å². The molecule has 2 rings (SSSR count). The fourth-order valence-corrected chi connectivity index (χ4v) is 2.32. The first-order valence-corrected chi connectivity index (χ1v) is 5.88. The smallest absolute Gasteiger partial charge is 0.255 e. The first-order valence-electron chi connectivity index (χ1n) is 5.51. The molecule has 1 aromatic rings. The summed E-state index contributed by atoms with van der Waals surface area (Å²) >= 11 is 5.77. The van der Waals surface area contributed by atoms with Crippen molar-refractivity contribution < 1.29 is 14.3 Å². The van der Waals surface area contributed by atoms with Crippen LogP contribution in [-0.4, -0.2) is 35.1 Å². The van der Waals surface area contributed by atoms with Crippen molar-refractivity contribution in [2.45, 2.75) is 18.9 Å². The van der Waals surface area contributed by atoms with E-state index in [0.717, 1.165) is 12.8 Å². The van der Waals surface area contributed by atoms with Gasteiger partial charge in [0.2, 0.25) is 0 Å². The van der Waals surface area contributed by atoms with E-state index in [4.69, 9.17) is 16.7 Å². The van der Waals surface area contributed by atoms with Crippen molar-refractivity contribution in [3.63, 3.8) is 0 Å². The Morgan fingerprint density at radius 2 is 2.35 bits per heavy atom. The first kappa shape index (κ1) is 12.3. The zero-order valence-electron chi connectivity index (χ0n) is 9.20. The van der Waals surface area contributed by atoms with Crippen LogP contribution in [0.15, 0.2) is 18.2 Å². The molecular weight excluding hydrogens is 245 g/mol. The molecule has 3 nitrogen and oxygen atoms in total. The summed E-state index contributed by atoms with van der Waals surface area (Å²) < 4.78 is 13.3. The van der Waals surface area contributed by atoms with Crippen LogP contribution in [0.3, 0.4) is 0 Å². The molecule has 5 heteroatoms. The largest absolute Gasteiger partial charge is 0.394 e. The summed E-state index contributed by atoms with van der Waals surface area (Å²) in [5, 5.41) is 9.00. The number of likely N-dealkylation sites (tertiary alicyclic amines) is 1. The van der Waals surface area contributed by atoms with Gasteiger partial charge in [-0.1, -0.05) is 17.7 Å². The number of benzene rings is 1. The van der Waals surface area contributed by atoms with E-state index >= 15 is 0 Å². The van der Waals surface area contributed by atoms with Gasteiger partial charge in [0.05, 0.1) is 23.2 Å². The Morgan fingerprint density at radius 3 is 3.06 bits per heavy atom. The molecule has 1 N–H and O–H groups in total. The fourth-order valence-electron chi connectivity index (χ4n) is 2.12. The number of nitrogens with zero attached hydrogens (tertiary/aromatic N) is 1. The summed E-state index contributed by atoms with van der Waals surface area (Å²) in [7, 11) is 0. The molecule has 0 radical (unpaired) electrons. The molecule has 1 aliphatic rings. The number of carbonyl (C=O) groups is 1. The van der Waals surface area contributed by atoms with Gasteiger partial charge in [-0.05, 0) is 25.0 Å². The van der Waals surface area contributed by atoms with Crippen LogP contribution < -0.4 is 0 Å². The van der Waals surface area contributed by atoms with Crippen molar-refractivity contribution in [1.82, 2.24) is 4.90 Å². The third-order valence-electron chi connectivity index (χ3n) is 3.03. The maximum absolute atomic E-state index is 13.3. The molecule has 1 fully saturated rings. The zero-order valence-corrected chi connectivity index (χ0v) is 9.95. The second-order valence-corrected chi connectivity index (χ2v) is 4.46. The lowest BCUT2D eigenvalue weighted by atomic mass is 10.1. The SMILES string of the molecule is O=C(c1cccc(F)c1Cl)N1CCCC1CO. The van der Waals surface area contributed by atoms with Gasteiger partial charge in [0.15, 0.2) is 0 Å². The molecule has 1 aliphatic heterocycles. The van der Waals surface area contributed by atoms with Gasteiger partial charge in [0, 0.05) is 6.54 Å². The Kier molecular flexibility index (Phi) is 3.64. The summed E-state index contributed by atoms with van der Waals surface area (Å²) in [4.78, 5) is 13.7. The molecule has 1 unspecified atom stereocenters. The zero-order chi connectivity index (χ0) is 12.4. The van der Waals surface area contributed by atoms with Gasteiger partial charge in [-0.2, -0.15) is 0 Å². The maximum Gasteiger partial charge on any atom is 0.255 e. The highest BCUT2D eigenvalue weighted by molar-refractivity contribution is 6.34. The normalized spacial score (nSPS) is 19.7. The molecule has 0 aliphatic carbocycles. The van der Waals surface area contributed by atoms with E-state index in [1.807, 2.05) is 0 Å². The number of carbonyl (C=O) groups excluding carboxylic acids is 1. The predicted octanol–water partition coefficient (Wildman–Crippen LogP) is 2.08. The molecule has 92 valence electrons. The quantitative estimate of drug-likeness (QED) is 0.881. The van der Waals surface area contributed by atoms with Gasteiger partial charge in [-0.15, -0.1) is 0 Å². The molecule has 0 spiro atoms. The van der Waals surface area contributed by atoms with E-state index in [2.05, 4.69) is 0 Å². The van der Waals surface area contributed by atoms with Crippen molar-refractivity contribution in [2.24, 2.45) is 0 Å². The van der Waals surface area contributed by atoms with Crippen molar-refractivity contribution in [2.75, 3.05) is 13.2 Å². The van der Waals surface area contributed by atoms with Crippen LogP contribution in [0.5, 0.6) is 0 Å². The lowest BCUT2D eigenvalue weighted by Gasteiger charge is -2.23. The highest BCUT2D eigenvalue weighted by Crippen LogP contribution is 2.25. The number of rotatable bonds is 2. The number of hydrogen-bond acceptors (Lipinski definition) is 2. The lowest BCUT2D eigenvalue weighted by molar-refractivity contribution is 0.0677. The number of hydrogen-bond donors (Lipinski definition) is 1. The van der Waals surface area contributed by atoms with Crippen molar-refractivity contribution in [3.05, 3.63) is 34.6 Å². The van der Waals surface area contributed by atoms with Crippen molar-refractivity contribution >= 4 is 17.5 Å². The fraction of sp³-hybridized carbons (Fsp3) is 0.417. The Labute approximate surface area is 104 Å². The minimum atomic E-state index is -0.600. The number of aliphatic hydroxyl groups is 1. The van der Waals surface area contributed by atoms with Crippen molar-refractivity contribution in [1.29, 1.82) is 0 Å². The van der Waals surface area contributed by atoms with Crippen LogP contribution in [0.4, 0.5) is 4.39 Å². The maximum atomic E-state index is 13.3. The molecule has 1 amide bonds. The molecule has 1 heterocycles. The molecule has 1 atom stereocenters. The average molecular weight is 258 g/mol. The van der Waals surface area contributed by atoms with Gasteiger partial charge in [-0.3, -0.25) is 4.79 Å². The minimum absolute atomic E-state index is 0.0708. The van der Waals surface area contributed by atoms with Crippen molar-refractivity contribution in [3.8, 4) is 0 Å². The summed E-state index contributed by atoms with van der Waals surface area (Å²) in [5.41, 5.74) is 0.159. The average Bonchev–Trinajstić information content (AvgIpc) is 2.80. The lowest BCUT2D eigenvalue weighted by Crippen LogP contribution is -2.37. The Balaban J connectivity index is 2.28. The van der Waals surface area contributed by atoms with E-state index in [-0.39, 0.29) is 29.1 Å². The summed E-state index contributed by atoms with van der Waals surface area (Å²) in [6.45, 7) is 0.510. The summed E-state index contributed by atoms with van der Waals surface area (Å²) in [6.07, 6.45) is 1.62. The summed E-state index contributed by atoms with van der Waals surface area (Å²) in [6, 6.07) is 3.99. The van der Waals surface area contributed by atoms with Crippen LogP contribution in [0.1, 0.15) is 23.2 Å². The topological polar surface area (TPSA) is 40.5 Å². The second kappa shape index (κ2) is 5.02. The highest BCUT2D eigenvalue weighted by atomic mass is 35.5. The molecule has 17 heavy (non-hydrogen) atoms. The highest BCUT2D eigenvalue weighted by Gasteiger charge is 2.30. The number of amides is 1. The molecule has 0 aromatic heterocycles. The van der Waals surface area contributed by atoms with E-state index in [1.54, 1.807) is 4.90 Å². The van der Waals surface area contributed by atoms with Crippen LogP contribution in [0, 0.1) is 5.82 Å². The minimum Gasteiger partial charge on any atom is -0.394 e. The third-order valence-corrected chi connectivity index (χ3v) is 3.41. The van der Waals surface area contributed by atoms with Crippen LogP contribution in [0.2, 0.25) is 5.02 Å². The number of aliphatic hydroxyl groups excluding tert-OH is 1. The van der Waals surface area contributed by atoms with E-state index < -0.39 is 5.82 Å². The van der Waals surface area contributed by atoms with Gasteiger partial charge in [0.1, 0.15) is 5.82 Å². The van der Waals surface area contributed by atoms with Gasteiger partial charge >= 0.3 is 0 Å².